The standard InChI is InChI=1S/C2H7O3P.2H3N/c1-2-5-6(3)4;;/h3-4H,2H2,1H3;2*1H3. The molecule has 0 aromatic heterocycles. The smallest absolute Gasteiger partial charge is 0.327 e. The van der Waals surface area contributed by atoms with E-state index < -0.39 is 8.60 Å². The van der Waals surface area contributed by atoms with E-state index >= 15 is 0 Å². The fourth-order valence-corrected chi connectivity index (χ4v) is 0.346. The van der Waals surface area contributed by atoms with Crippen molar-refractivity contribution < 1.29 is 14.3 Å². The van der Waals surface area contributed by atoms with Gasteiger partial charge >= 0.3 is 8.60 Å². The zero-order chi connectivity index (χ0) is 4.99. The van der Waals surface area contributed by atoms with Crippen molar-refractivity contribution in [3.8, 4) is 0 Å². The van der Waals surface area contributed by atoms with Crippen LogP contribution in [0, 0.1) is 0 Å². The van der Waals surface area contributed by atoms with Crippen LogP contribution in [0.3, 0.4) is 0 Å². The molecule has 0 fully saturated rings. The third-order valence-electron chi connectivity index (χ3n) is 0.245. The molecule has 8 heavy (non-hydrogen) atoms. The molecular formula is C2H13N2O3P. The monoisotopic (exact) mass is 144 g/mol. The molecule has 0 saturated carbocycles. The Morgan fingerprint density at radius 1 is 1.38 bits per heavy atom. The van der Waals surface area contributed by atoms with Gasteiger partial charge < -0.3 is 26.6 Å². The first kappa shape index (κ1) is 15.7. The number of rotatable bonds is 2. The first-order valence-corrected chi connectivity index (χ1v) is 2.74. The van der Waals surface area contributed by atoms with E-state index in [1.807, 2.05) is 0 Å². The molecule has 6 heteroatoms. The molecule has 0 bridgehead atoms. The molecule has 0 aliphatic carbocycles. The van der Waals surface area contributed by atoms with Crippen molar-refractivity contribution in [1.82, 2.24) is 12.3 Å². The molecule has 0 aliphatic rings. The summed E-state index contributed by atoms with van der Waals surface area (Å²) in [6.45, 7) is 2.06. The molecule has 0 aliphatic heterocycles. The van der Waals surface area contributed by atoms with Gasteiger partial charge in [-0.05, 0) is 6.92 Å². The topological polar surface area (TPSA) is 120 Å². The maximum atomic E-state index is 7.95. The van der Waals surface area contributed by atoms with Gasteiger partial charge in [0.15, 0.2) is 0 Å². The maximum absolute atomic E-state index is 7.95. The summed E-state index contributed by atoms with van der Waals surface area (Å²) in [5, 5.41) is 0. The van der Waals surface area contributed by atoms with Crippen molar-refractivity contribution in [3.05, 3.63) is 0 Å². The molecule has 0 unspecified atom stereocenters. The highest BCUT2D eigenvalue weighted by Crippen LogP contribution is 2.22. The van der Waals surface area contributed by atoms with Crippen molar-refractivity contribution in [2.75, 3.05) is 6.61 Å². The van der Waals surface area contributed by atoms with Crippen LogP contribution in [0.25, 0.3) is 0 Å². The minimum absolute atomic E-state index is 0. The second kappa shape index (κ2) is 10.3. The quantitative estimate of drug-likeness (QED) is 0.422. The second-order valence-corrected chi connectivity index (χ2v) is 1.43. The predicted molar refractivity (Wildman–Crippen MR) is 33.0 cm³/mol. The van der Waals surface area contributed by atoms with Gasteiger partial charge in [-0.15, -0.1) is 0 Å². The molecular weight excluding hydrogens is 131 g/mol. The summed E-state index contributed by atoms with van der Waals surface area (Å²) in [5.41, 5.74) is 0. The average molecular weight is 144 g/mol. The Bertz CT molecular complexity index is 36.5. The Kier molecular flexibility index (Phi) is 20.2. The zero-order valence-corrected chi connectivity index (χ0v) is 5.77. The molecule has 0 atom stereocenters. The van der Waals surface area contributed by atoms with Crippen LogP contribution in [0.1, 0.15) is 6.92 Å². The molecule has 5 nitrogen and oxygen atoms in total. The van der Waals surface area contributed by atoms with Gasteiger partial charge in [0.2, 0.25) is 0 Å². The number of hydrogen-bond acceptors (Lipinski definition) is 5. The zero-order valence-electron chi connectivity index (χ0n) is 4.87. The van der Waals surface area contributed by atoms with E-state index in [0.29, 0.717) is 6.61 Å². The van der Waals surface area contributed by atoms with Crippen molar-refractivity contribution in [3.63, 3.8) is 0 Å². The molecule has 0 heterocycles. The lowest BCUT2D eigenvalue weighted by atomic mass is 10.9. The fourth-order valence-electron chi connectivity index (χ4n) is 0.115. The van der Waals surface area contributed by atoms with Gasteiger partial charge in [0.1, 0.15) is 0 Å². The van der Waals surface area contributed by atoms with Gasteiger partial charge in [-0.25, -0.2) is 0 Å². The van der Waals surface area contributed by atoms with Gasteiger partial charge in [-0.3, -0.25) is 0 Å². The van der Waals surface area contributed by atoms with Crippen molar-refractivity contribution in [2.24, 2.45) is 0 Å². The highest BCUT2D eigenvalue weighted by Gasteiger charge is 1.91. The first-order valence-electron chi connectivity index (χ1n) is 1.58. The van der Waals surface area contributed by atoms with Crippen LogP contribution >= 0.6 is 8.60 Å². The fraction of sp³-hybridized carbons (Fsp3) is 1.00. The molecule has 0 amide bonds. The molecule has 8 N–H and O–H groups in total. The molecule has 0 aromatic carbocycles. The van der Waals surface area contributed by atoms with Crippen molar-refractivity contribution in [1.29, 1.82) is 0 Å². The van der Waals surface area contributed by atoms with Crippen molar-refractivity contribution in [2.45, 2.75) is 6.92 Å². The van der Waals surface area contributed by atoms with E-state index in [1.54, 1.807) is 6.92 Å². The Labute approximate surface area is 49.8 Å². The van der Waals surface area contributed by atoms with Gasteiger partial charge in [0.25, 0.3) is 0 Å². The molecule has 0 aromatic rings. The summed E-state index contributed by atoms with van der Waals surface area (Å²) in [7, 11) is -2.10. The Morgan fingerprint density at radius 3 is 1.75 bits per heavy atom. The minimum atomic E-state index is -2.10. The predicted octanol–water partition coefficient (Wildman–Crippen LogP) is 0.558. The van der Waals surface area contributed by atoms with E-state index in [1.165, 1.54) is 0 Å². The Morgan fingerprint density at radius 2 is 1.75 bits per heavy atom. The summed E-state index contributed by atoms with van der Waals surface area (Å²) in [6.07, 6.45) is 0. The van der Waals surface area contributed by atoms with Crippen LogP contribution in [0.5, 0.6) is 0 Å². The molecule has 0 spiro atoms. The summed E-state index contributed by atoms with van der Waals surface area (Å²) in [4.78, 5) is 15.9. The molecule has 54 valence electrons. The summed E-state index contributed by atoms with van der Waals surface area (Å²) < 4.78 is 4.22. The lowest BCUT2D eigenvalue weighted by Gasteiger charge is -1.95. The largest absolute Gasteiger partial charge is 0.344 e. The van der Waals surface area contributed by atoms with Crippen LogP contribution in [0.2, 0.25) is 0 Å². The van der Waals surface area contributed by atoms with E-state index in [-0.39, 0.29) is 12.3 Å². The lowest BCUT2D eigenvalue weighted by molar-refractivity contribution is 0.269. The summed E-state index contributed by atoms with van der Waals surface area (Å²) in [6, 6.07) is 0. The first-order chi connectivity index (χ1) is 2.77. The SMILES string of the molecule is CCOP(O)O.N.N. The second-order valence-electron chi connectivity index (χ2n) is 0.671. The third kappa shape index (κ3) is 16.3. The van der Waals surface area contributed by atoms with Gasteiger partial charge in [0, 0.05) is 0 Å². The highest BCUT2D eigenvalue weighted by atomic mass is 31.2. The van der Waals surface area contributed by atoms with E-state index in [9.17, 15) is 0 Å². The Balaban J connectivity index is -0.000000125. The molecule has 0 radical (unpaired) electrons. The lowest BCUT2D eigenvalue weighted by Crippen LogP contribution is -1.78. The number of hydrogen-bond donors (Lipinski definition) is 4. The normalized spacial score (nSPS) is 7.50. The summed E-state index contributed by atoms with van der Waals surface area (Å²) in [5.74, 6) is 0. The van der Waals surface area contributed by atoms with Crippen LogP contribution < -0.4 is 12.3 Å². The van der Waals surface area contributed by atoms with Gasteiger partial charge in [0.05, 0.1) is 6.61 Å². The minimum Gasteiger partial charge on any atom is -0.344 e. The van der Waals surface area contributed by atoms with E-state index in [2.05, 4.69) is 4.52 Å². The third-order valence-corrected chi connectivity index (χ3v) is 0.734. The van der Waals surface area contributed by atoms with Crippen LogP contribution in [0.4, 0.5) is 0 Å². The van der Waals surface area contributed by atoms with E-state index in [4.69, 9.17) is 9.79 Å². The molecule has 0 saturated heterocycles. The Hall–Kier alpha value is 0.230. The highest BCUT2D eigenvalue weighted by molar-refractivity contribution is 7.39. The van der Waals surface area contributed by atoms with Gasteiger partial charge in [-0.2, -0.15) is 0 Å². The van der Waals surface area contributed by atoms with E-state index in [0.717, 1.165) is 0 Å². The summed E-state index contributed by atoms with van der Waals surface area (Å²) >= 11 is 0. The average Bonchev–Trinajstić information content (AvgIpc) is 1.35. The van der Waals surface area contributed by atoms with Crippen LogP contribution in [0.15, 0.2) is 0 Å². The maximum Gasteiger partial charge on any atom is 0.327 e. The van der Waals surface area contributed by atoms with Gasteiger partial charge in [-0.1, -0.05) is 0 Å². The van der Waals surface area contributed by atoms with Crippen LogP contribution in [-0.2, 0) is 4.52 Å². The van der Waals surface area contributed by atoms with Crippen molar-refractivity contribution >= 4 is 8.60 Å². The van der Waals surface area contributed by atoms with Crippen LogP contribution in [-0.4, -0.2) is 16.4 Å². The molecule has 0 rings (SSSR count).